The molecule has 0 atom stereocenters. The van der Waals surface area contributed by atoms with Crippen LogP contribution in [0.3, 0.4) is 0 Å². The van der Waals surface area contributed by atoms with Crippen molar-refractivity contribution in [2.45, 2.75) is 0 Å². The summed E-state index contributed by atoms with van der Waals surface area (Å²) in [5.41, 5.74) is 3.45. The van der Waals surface area contributed by atoms with Crippen molar-refractivity contribution >= 4 is 34.2 Å². The van der Waals surface area contributed by atoms with E-state index in [2.05, 4.69) is 15.3 Å². The molecule has 0 aliphatic heterocycles. The van der Waals surface area contributed by atoms with Crippen molar-refractivity contribution in [3.8, 4) is 11.4 Å². The van der Waals surface area contributed by atoms with Crippen molar-refractivity contribution in [2.24, 2.45) is 0 Å². The first-order valence-corrected chi connectivity index (χ1v) is 8.29. The summed E-state index contributed by atoms with van der Waals surface area (Å²) < 4.78 is 13.1. The van der Waals surface area contributed by atoms with Gasteiger partial charge in [0, 0.05) is 11.3 Å². The quantitative estimate of drug-likeness (QED) is 0.519. The Balaban J connectivity index is 1.62. The first-order valence-electron chi connectivity index (χ1n) is 7.92. The number of carbonyl (C=O) groups is 1. The van der Waals surface area contributed by atoms with Crippen LogP contribution in [-0.2, 0) is 0 Å². The second-order valence-corrected chi connectivity index (χ2v) is 6.17. The molecule has 128 valence electrons. The van der Waals surface area contributed by atoms with Crippen LogP contribution in [0.1, 0.15) is 10.4 Å². The minimum atomic E-state index is -0.488. The number of halogens is 2. The number of carbonyl (C=O) groups excluding carboxylic acids is 1. The Bertz CT molecular complexity index is 1090. The van der Waals surface area contributed by atoms with Crippen LogP contribution in [0.25, 0.3) is 22.4 Å². The van der Waals surface area contributed by atoms with Crippen molar-refractivity contribution in [3.63, 3.8) is 0 Å². The molecule has 4 aromatic rings. The molecule has 6 heteroatoms. The zero-order valence-electron chi connectivity index (χ0n) is 13.5. The lowest BCUT2D eigenvalue weighted by Crippen LogP contribution is -2.12. The second-order valence-electron chi connectivity index (χ2n) is 5.76. The predicted octanol–water partition coefficient (Wildman–Crippen LogP) is 5.27. The van der Waals surface area contributed by atoms with Gasteiger partial charge in [-0.25, -0.2) is 9.37 Å². The van der Waals surface area contributed by atoms with E-state index in [1.807, 2.05) is 42.5 Å². The number of aromatic amines is 1. The minimum Gasteiger partial charge on any atom is -0.338 e. The highest BCUT2D eigenvalue weighted by Gasteiger charge is 2.12. The summed E-state index contributed by atoms with van der Waals surface area (Å²) in [5, 5.41) is 2.84. The highest BCUT2D eigenvalue weighted by Crippen LogP contribution is 2.24. The summed E-state index contributed by atoms with van der Waals surface area (Å²) in [6.45, 7) is 0. The number of hydrogen-bond donors (Lipinski definition) is 2. The van der Waals surface area contributed by atoms with E-state index in [1.54, 1.807) is 6.07 Å². The third-order valence-corrected chi connectivity index (χ3v) is 4.27. The molecule has 0 unspecified atom stereocenters. The SMILES string of the molecule is O=C(Nc1cccc(-c2nc3ccccc3[nH]2)c1)c1ccc(F)cc1Cl. The maximum Gasteiger partial charge on any atom is 0.257 e. The molecule has 0 spiro atoms. The molecule has 2 N–H and O–H groups in total. The summed E-state index contributed by atoms with van der Waals surface area (Å²) in [7, 11) is 0. The van der Waals surface area contributed by atoms with Gasteiger partial charge >= 0.3 is 0 Å². The summed E-state index contributed by atoms with van der Waals surface area (Å²) in [6.07, 6.45) is 0. The van der Waals surface area contributed by atoms with E-state index < -0.39 is 11.7 Å². The molecule has 3 aromatic carbocycles. The van der Waals surface area contributed by atoms with Crippen molar-refractivity contribution in [3.05, 3.63) is 83.1 Å². The lowest BCUT2D eigenvalue weighted by molar-refractivity contribution is 0.102. The van der Waals surface area contributed by atoms with Crippen LogP contribution in [0.15, 0.2) is 66.7 Å². The predicted molar refractivity (Wildman–Crippen MR) is 101 cm³/mol. The van der Waals surface area contributed by atoms with Gasteiger partial charge in [0.1, 0.15) is 11.6 Å². The smallest absolute Gasteiger partial charge is 0.257 e. The highest BCUT2D eigenvalue weighted by atomic mass is 35.5. The maximum atomic E-state index is 13.1. The molecule has 1 heterocycles. The van der Waals surface area contributed by atoms with Gasteiger partial charge in [0.25, 0.3) is 5.91 Å². The Labute approximate surface area is 153 Å². The number of hydrogen-bond acceptors (Lipinski definition) is 2. The van der Waals surface area contributed by atoms with Gasteiger partial charge in [0.05, 0.1) is 21.6 Å². The van der Waals surface area contributed by atoms with Gasteiger partial charge in [-0.3, -0.25) is 4.79 Å². The summed E-state index contributed by atoms with van der Waals surface area (Å²) in [5.74, 6) is -0.183. The minimum absolute atomic E-state index is 0.0657. The number of H-pyrrole nitrogens is 1. The summed E-state index contributed by atoms with van der Waals surface area (Å²) in [4.78, 5) is 20.2. The van der Waals surface area contributed by atoms with Crippen LogP contribution in [0.4, 0.5) is 10.1 Å². The van der Waals surface area contributed by atoms with E-state index in [1.165, 1.54) is 12.1 Å². The molecule has 0 bridgehead atoms. The van der Waals surface area contributed by atoms with Crippen LogP contribution < -0.4 is 5.32 Å². The number of imidazole rings is 1. The standard InChI is InChI=1S/C20H13ClFN3O/c21-16-11-13(22)8-9-15(16)20(26)23-14-5-3-4-12(10-14)19-24-17-6-1-2-7-18(17)25-19/h1-11H,(H,23,26)(H,24,25). The molecule has 0 aliphatic rings. The van der Waals surface area contributed by atoms with E-state index in [0.717, 1.165) is 22.7 Å². The first kappa shape index (κ1) is 16.3. The third kappa shape index (κ3) is 3.17. The Morgan fingerprint density at radius 2 is 1.88 bits per heavy atom. The van der Waals surface area contributed by atoms with Gasteiger partial charge in [0.15, 0.2) is 0 Å². The van der Waals surface area contributed by atoms with E-state index in [0.29, 0.717) is 11.5 Å². The van der Waals surface area contributed by atoms with Crippen molar-refractivity contribution in [1.29, 1.82) is 0 Å². The van der Waals surface area contributed by atoms with E-state index in [4.69, 9.17) is 11.6 Å². The molecule has 1 aromatic heterocycles. The van der Waals surface area contributed by atoms with Gasteiger partial charge < -0.3 is 10.3 Å². The molecule has 4 rings (SSSR count). The number of amides is 1. The fraction of sp³-hybridized carbons (Fsp3) is 0. The van der Waals surface area contributed by atoms with Crippen LogP contribution in [0, 0.1) is 5.82 Å². The van der Waals surface area contributed by atoms with Gasteiger partial charge in [-0.15, -0.1) is 0 Å². The fourth-order valence-corrected chi connectivity index (χ4v) is 2.96. The molecule has 0 aliphatic carbocycles. The summed E-state index contributed by atoms with van der Waals surface area (Å²) in [6, 6.07) is 18.7. The van der Waals surface area contributed by atoms with E-state index in [-0.39, 0.29) is 10.6 Å². The molecule has 1 amide bonds. The van der Waals surface area contributed by atoms with Crippen LogP contribution in [0.2, 0.25) is 5.02 Å². The molecule has 0 radical (unpaired) electrons. The van der Waals surface area contributed by atoms with Gasteiger partial charge in [0.2, 0.25) is 0 Å². The lowest BCUT2D eigenvalue weighted by atomic mass is 10.1. The molecule has 26 heavy (non-hydrogen) atoms. The third-order valence-electron chi connectivity index (χ3n) is 3.96. The lowest BCUT2D eigenvalue weighted by Gasteiger charge is -2.08. The van der Waals surface area contributed by atoms with Crippen molar-refractivity contribution < 1.29 is 9.18 Å². The number of benzene rings is 3. The van der Waals surface area contributed by atoms with Crippen molar-refractivity contribution in [1.82, 2.24) is 9.97 Å². The molecular formula is C20H13ClFN3O. The first-order chi connectivity index (χ1) is 12.6. The van der Waals surface area contributed by atoms with Gasteiger partial charge in [-0.2, -0.15) is 0 Å². The Morgan fingerprint density at radius 1 is 1.04 bits per heavy atom. The zero-order valence-corrected chi connectivity index (χ0v) is 14.2. The second kappa shape index (κ2) is 6.61. The molecule has 4 nitrogen and oxygen atoms in total. The largest absolute Gasteiger partial charge is 0.338 e. The number of anilines is 1. The molecule has 0 saturated heterocycles. The molecule has 0 fully saturated rings. The Hall–Kier alpha value is -3.18. The van der Waals surface area contributed by atoms with Gasteiger partial charge in [-0.05, 0) is 42.5 Å². The zero-order chi connectivity index (χ0) is 18.1. The maximum absolute atomic E-state index is 13.1. The monoisotopic (exact) mass is 365 g/mol. The number of nitrogens with zero attached hydrogens (tertiary/aromatic N) is 1. The van der Waals surface area contributed by atoms with E-state index in [9.17, 15) is 9.18 Å². The molecule has 0 saturated carbocycles. The van der Waals surface area contributed by atoms with Crippen molar-refractivity contribution in [2.75, 3.05) is 5.32 Å². The normalized spacial score (nSPS) is 10.8. The number of aromatic nitrogens is 2. The van der Waals surface area contributed by atoms with Crippen LogP contribution in [0.5, 0.6) is 0 Å². The average Bonchev–Trinajstić information content (AvgIpc) is 3.06. The fourth-order valence-electron chi connectivity index (χ4n) is 2.71. The number of nitrogens with one attached hydrogen (secondary N) is 2. The Kier molecular flexibility index (Phi) is 4.14. The number of para-hydroxylation sites is 2. The summed E-state index contributed by atoms with van der Waals surface area (Å²) >= 11 is 5.95. The topological polar surface area (TPSA) is 57.8 Å². The molecular weight excluding hydrogens is 353 g/mol. The van der Waals surface area contributed by atoms with Crippen LogP contribution >= 0.6 is 11.6 Å². The Morgan fingerprint density at radius 3 is 2.69 bits per heavy atom. The van der Waals surface area contributed by atoms with E-state index >= 15 is 0 Å². The van der Waals surface area contributed by atoms with Crippen LogP contribution in [-0.4, -0.2) is 15.9 Å². The highest BCUT2D eigenvalue weighted by molar-refractivity contribution is 6.34. The number of fused-ring (bicyclic) bond motifs is 1. The number of rotatable bonds is 3. The van der Waals surface area contributed by atoms with Gasteiger partial charge in [-0.1, -0.05) is 35.9 Å². The average molecular weight is 366 g/mol.